The molecule has 1 saturated heterocycles. The second-order valence-electron chi connectivity index (χ2n) is 7.41. The van der Waals surface area contributed by atoms with E-state index < -0.39 is 5.92 Å². The first-order valence-corrected chi connectivity index (χ1v) is 9.64. The number of hydrogen-bond donors (Lipinski definition) is 0. The Kier molecular flexibility index (Phi) is 5.29. The van der Waals surface area contributed by atoms with Crippen LogP contribution in [0.3, 0.4) is 0 Å². The molecule has 4 rings (SSSR count). The minimum absolute atomic E-state index is 0.0989. The first-order valence-electron chi connectivity index (χ1n) is 9.64. The normalized spacial score (nSPS) is 17.9. The van der Waals surface area contributed by atoms with Gasteiger partial charge in [0, 0.05) is 44.5 Å². The molecule has 1 fully saturated rings. The molecule has 2 aliphatic heterocycles. The van der Waals surface area contributed by atoms with Crippen molar-refractivity contribution in [1.82, 2.24) is 0 Å². The van der Waals surface area contributed by atoms with Crippen LogP contribution in [0.4, 0.5) is 11.4 Å². The zero-order valence-electron chi connectivity index (χ0n) is 16.6. The van der Waals surface area contributed by atoms with Crippen molar-refractivity contribution in [2.24, 2.45) is 5.92 Å². The molecular weight excluding hydrogens is 372 g/mol. The van der Waals surface area contributed by atoms with Crippen molar-refractivity contribution in [2.75, 3.05) is 43.7 Å². The first kappa shape index (κ1) is 19.1. The molecule has 1 atom stereocenters. The van der Waals surface area contributed by atoms with Crippen LogP contribution in [-0.2, 0) is 20.9 Å². The summed E-state index contributed by atoms with van der Waals surface area (Å²) in [7, 11) is 3.92. The Balaban J connectivity index is 1.39. The van der Waals surface area contributed by atoms with Crippen molar-refractivity contribution in [3.05, 3.63) is 48.0 Å². The van der Waals surface area contributed by atoms with Crippen molar-refractivity contribution in [3.63, 3.8) is 0 Å². The molecule has 0 radical (unpaired) electrons. The summed E-state index contributed by atoms with van der Waals surface area (Å²) in [5.74, 6) is 0.357. The van der Waals surface area contributed by atoms with Crippen LogP contribution in [0.25, 0.3) is 0 Å². The molecular formula is C22H24N2O5. The highest BCUT2D eigenvalue weighted by atomic mass is 16.6. The van der Waals surface area contributed by atoms with Gasteiger partial charge in [-0.3, -0.25) is 9.59 Å². The third kappa shape index (κ3) is 4.13. The summed E-state index contributed by atoms with van der Waals surface area (Å²) in [6.45, 7) is 1.49. The Bertz CT molecular complexity index is 927. The van der Waals surface area contributed by atoms with Gasteiger partial charge in [0.2, 0.25) is 5.91 Å². The maximum atomic E-state index is 12.5. The van der Waals surface area contributed by atoms with E-state index in [4.69, 9.17) is 14.2 Å². The average molecular weight is 396 g/mol. The number of esters is 1. The van der Waals surface area contributed by atoms with Crippen LogP contribution in [0.15, 0.2) is 42.5 Å². The Morgan fingerprint density at radius 2 is 1.93 bits per heavy atom. The van der Waals surface area contributed by atoms with Crippen molar-refractivity contribution < 1.29 is 23.8 Å². The van der Waals surface area contributed by atoms with Crippen molar-refractivity contribution >= 4 is 23.3 Å². The van der Waals surface area contributed by atoms with E-state index in [0.29, 0.717) is 36.9 Å². The number of benzene rings is 2. The third-order valence-corrected chi connectivity index (χ3v) is 5.10. The zero-order chi connectivity index (χ0) is 20.4. The van der Waals surface area contributed by atoms with E-state index in [1.54, 1.807) is 17.0 Å². The highest BCUT2D eigenvalue weighted by Crippen LogP contribution is 2.36. The van der Waals surface area contributed by atoms with Gasteiger partial charge in [-0.25, -0.2) is 0 Å². The Hall–Kier alpha value is -3.22. The molecule has 2 aliphatic rings. The number of rotatable bonds is 5. The standard InChI is InChI=1S/C22H24N2O5/c1-23(2)17-5-3-4-15(10-17)14-29-22(26)16-11-21(25)24(13-16)18-6-7-19-20(12-18)28-9-8-27-19/h3-7,10,12,16H,8-9,11,13-14H2,1-2H3/t16-/m1/s1. The van der Waals surface area contributed by atoms with Crippen molar-refractivity contribution in [3.8, 4) is 11.5 Å². The molecule has 2 aromatic rings. The van der Waals surface area contributed by atoms with Gasteiger partial charge >= 0.3 is 5.97 Å². The van der Waals surface area contributed by atoms with Gasteiger partial charge < -0.3 is 24.0 Å². The molecule has 2 aromatic carbocycles. The van der Waals surface area contributed by atoms with Crippen LogP contribution in [-0.4, -0.2) is 45.7 Å². The monoisotopic (exact) mass is 396 g/mol. The SMILES string of the molecule is CN(C)c1cccc(COC(=O)[C@@H]2CC(=O)N(c3ccc4c(c3)OCCO4)C2)c1. The van der Waals surface area contributed by atoms with E-state index in [2.05, 4.69) is 0 Å². The molecule has 29 heavy (non-hydrogen) atoms. The lowest BCUT2D eigenvalue weighted by atomic mass is 10.1. The van der Waals surface area contributed by atoms with Gasteiger partial charge in [0.05, 0.1) is 5.92 Å². The molecule has 0 N–H and O–H groups in total. The zero-order valence-corrected chi connectivity index (χ0v) is 16.6. The number of nitrogens with zero attached hydrogens (tertiary/aromatic N) is 2. The van der Waals surface area contributed by atoms with Crippen LogP contribution < -0.4 is 19.3 Å². The molecule has 7 heteroatoms. The van der Waals surface area contributed by atoms with Crippen molar-refractivity contribution in [1.29, 1.82) is 0 Å². The molecule has 0 aliphatic carbocycles. The number of fused-ring (bicyclic) bond motifs is 1. The average Bonchev–Trinajstić information content (AvgIpc) is 3.13. The van der Waals surface area contributed by atoms with E-state index in [0.717, 1.165) is 11.3 Å². The molecule has 7 nitrogen and oxygen atoms in total. The summed E-state index contributed by atoms with van der Waals surface area (Å²) in [5, 5.41) is 0. The Morgan fingerprint density at radius 3 is 2.72 bits per heavy atom. The van der Waals surface area contributed by atoms with Gasteiger partial charge in [0.1, 0.15) is 19.8 Å². The molecule has 0 spiro atoms. The van der Waals surface area contributed by atoms with Crippen LogP contribution in [0, 0.1) is 5.92 Å². The second kappa shape index (κ2) is 8.03. The molecule has 0 bridgehead atoms. The molecule has 2 heterocycles. The highest BCUT2D eigenvalue weighted by Gasteiger charge is 2.36. The Labute approximate surface area is 169 Å². The predicted molar refractivity (Wildman–Crippen MR) is 108 cm³/mol. The number of anilines is 2. The molecule has 1 amide bonds. The predicted octanol–water partition coefficient (Wildman–Crippen LogP) is 2.62. The summed E-state index contributed by atoms with van der Waals surface area (Å²) in [6.07, 6.45) is 0.144. The molecule has 0 aromatic heterocycles. The fraction of sp³-hybridized carbons (Fsp3) is 0.364. The van der Waals surface area contributed by atoms with Gasteiger partial charge in [0.25, 0.3) is 0 Å². The summed E-state index contributed by atoms with van der Waals surface area (Å²) in [6, 6.07) is 13.2. The lowest BCUT2D eigenvalue weighted by Gasteiger charge is -2.22. The number of hydrogen-bond acceptors (Lipinski definition) is 6. The minimum Gasteiger partial charge on any atom is -0.486 e. The fourth-order valence-corrected chi connectivity index (χ4v) is 3.51. The maximum Gasteiger partial charge on any atom is 0.311 e. The van der Waals surface area contributed by atoms with Crippen LogP contribution in [0.2, 0.25) is 0 Å². The first-order chi connectivity index (χ1) is 14.0. The summed E-state index contributed by atoms with van der Waals surface area (Å²) >= 11 is 0. The smallest absolute Gasteiger partial charge is 0.311 e. The van der Waals surface area contributed by atoms with E-state index in [-0.39, 0.29) is 24.9 Å². The van der Waals surface area contributed by atoms with Gasteiger partial charge in [-0.1, -0.05) is 12.1 Å². The largest absolute Gasteiger partial charge is 0.486 e. The summed E-state index contributed by atoms with van der Waals surface area (Å²) in [5.41, 5.74) is 2.66. The van der Waals surface area contributed by atoms with Gasteiger partial charge in [-0.2, -0.15) is 0 Å². The van der Waals surface area contributed by atoms with E-state index >= 15 is 0 Å². The van der Waals surface area contributed by atoms with E-state index in [1.165, 1.54) is 0 Å². The third-order valence-electron chi connectivity index (χ3n) is 5.10. The molecule has 152 valence electrons. The van der Waals surface area contributed by atoms with Crippen LogP contribution in [0.5, 0.6) is 11.5 Å². The number of carbonyl (C=O) groups excluding carboxylic acids is 2. The van der Waals surface area contributed by atoms with Gasteiger partial charge in [-0.05, 0) is 29.8 Å². The van der Waals surface area contributed by atoms with Crippen LogP contribution >= 0.6 is 0 Å². The second-order valence-corrected chi connectivity index (χ2v) is 7.41. The van der Waals surface area contributed by atoms with Gasteiger partial charge in [0.15, 0.2) is 11.5 Å². The molecule has 0 unspecified atom stereocenters. The number of carbonyl (C=O) groups is 2. The maximum absolute atomic E-state index is 12.5. The van der Waals surface area contributed by atoms with E-state index in [9.17, 15) is 9.59 Å². The lowest BCUT2D eigenvalue weighted by Crippen LogP contribution is -2.26. The summed E-state index contributed by atoms with van der Waals surface area (Å²) < 4.78 is 16.6. The van der Waals surface area contributed by atoms with Crippen LogP contribution in [0.1, 0.15) is 12.0 Å². The minimum atomic E-state index is -0.479. The quantitative estimate of drug-likeness (QED) is 0.724. The topological polar surface area (TPSA) is 68.3 Å². The number of amides is 1. The van der Waals surface area contributed by atoms with Crippen molar-refractivity contribution in [2.45, 2.75) is 13.0 Å². The Morgan fingerprint density at radius 1 is 1.14 bits per heavy atom. The summed E-state index contributed by atoms with van der Waals surface area (Å²) in [4.78, 5) is 28.6. The number of ether oxygens (including phenoxy) is 3. The van der Waals surface area contributed by atoms with Gasteiger partial charge in [-0.15, -0.1) is 0 Å². The van der Waals surface area contributed by atoms with E-state index in [1.807, 2.05) is 49.3 Å². The molecule has 0 saturated carbocycles. The fourth-order valence-electron chi connectivity index (χ4n) is 3.51. The highest BCUT2D eigenvalue weighted by molar-refractivity contribution is 5.99. The lowest BCUT2D eigenvalue weighted by molar-refractivity contribution is -0.149.